The van der Waals surface area contributed by atoms with E-state index in [2.05, 4.69) is 4.90 Å². The van der Waals surface area contributed by atoms with Crippen LogP contribution in [0.4, 0.5) is 26.3 Å². The van der Waals surface area contributed by atoms with Crippen LogP contribution in [0.3, 0.4) is 0 Å². The van der Waals surface area contributed by atoms with E-state index in [1.54, 1.807) is 4.90 Å². The van der Waals surface area contributed by atoms with Gasteiger partial charge in [-0.05, 0) is 68.1 Å². The number of carbonyl (C=O) groups is 1. The largest absolute Gasteiger partial charge is 0.416 e. The van der Waals surface area contributed by atoms with Crippen LogP contribution in [0.5, 0.6) is 0 Å². The van der Waals surface area contributed by atoms with Crippen LogP contribution in [0.2, 0.25) is 0 Å². The minimum absolute atomic E-state index is 0.0470. The number of ether oxygens (including phenoxy) is 1. The molecule has 2 atom stereocenters. The van der Waals surface area contributed by atoms with E-state index in [-0.39, 0.29) is 30.0 Å². The molecule has 2 fully saturated rings. The number of carbonyl (C=O) groups excluding carboxylic acids is 1. The lowest BCUT2D eigenvalue weighted by Crippen LogP contribution is -2.50. The van der Waals surface area contributed by atoms with Gasteiger partial charge in [-0.25, -0.2) is 0 Å². The van der Waals surface area contributed by atoms with Crippen LogP contribution in [0.15, 0.2) is 42.5 Å². The monoisotopic (exact) mass is 542 g/mol. The molecule has 0 spiro atoms. The van der Waals surface area contributed by atoms with E-state index in [0.29, 0.717) is 25.6 Å². The molecule has 208 valence electrons. The molecule has 2 aromatic carbocycles. The Morgan fingerprint density at radius 1 is 0.947 bits per heavy atom. The van der Waals surface area contributed by atoms with E-state index in [4.69, 9.17) is 4.74 Å². The third kappa shape index (κ3) is 6.88. The van der Waals surface area contributed by atoms with Gasteiger partial charge in [-0.2, -0.15) is 26.3 Å². The summed E-state index contributed by atoms with van der Waals surface area (Å²) in [4.78, 5) is 16.9. The van der Waals surface area contributed by atoms with Crippen molar-refractivity contribution in [1.29, 1.82) is 0 Å². The lowest BCUT2D eigenvalue weighted by Gasteiger charge is -2.40. The van der Waals surface area contributed by atoms with E-state index in [0.717, 1.165) is 49.5 Å². The van der Waals surface area contributed by atoms with Crippen LogP contribution in [-0.2, 0) is 28.5 Å². The summed E-state index contributed by atoms with van der Waals surface area (Å²) in [7, 11) is 0. The van der Waals surface area contributed by atoms with Crippen molar-refractivity contribution in [2.75, 3.05) is 32.7 Å². The van der Waals surface area contributed by atoms with E-state index >= 15 is 0 Å². The fourth-order valence-corrected chi connectivity index (χ4v) is 5.42. The molecule has 2 aromatic rings. The topological polar surface area (TPSA) is 32.8 Å². The lowest BCUT2D eigenvalue weighted by atomic mass is 9.84. The number of hydrogen-bond acceptors (Lipinski definition) is 3. The van der Waals surface area contributed by atoms with Gasteiger partial charge in [-0.1, -0.05) is 36.8 Å². The third-order valence-electron chi connectivity index (χ3n) is 7.50. The number of amides is 1. The molecule has 10 heteroatoms. The molecule has 4 nitrogen and oxygen atoms in total. The van der Waals surface area contributed by atoms with Gasteiger partial charge in [0.05, 0.1) is 30.4 Å². The van der Waals surface area contributed by atoms with Gasteiger partial charge in [-0.3, -0.25) is 9.69 Å². The van der Waals surface area contributed by atoms with Gasteiger partial charge in [0, 0.05) is 19.0 Å². The second-order valence-corrected chi connectivity index (χ2v) is 10.1. The fraction of sp³-hybridized carbons (Fsp3) is 0.536. The summed E-state index contributed by atoms with van der Waals surface area (Å²) in [6.45, 7) is 4.14. The van der Waals surface area contributed by atoms with Crippen molar-refractivity contribution in [3.63, 3.8) is 0 Å². The summed E-state index contributed by atoms with van der Waals surface area (Å²) in [5.74, 6) is -0.215. The molecule has 2 heterocycles. The Balaban J connectivity index is 1.55. The van der Waals surface area contributed by atoms with Crippen molar-refractivity contribution >= 4 is 5.91 Å². The first-order valence-corrected chi connectivity index (χ1v) is 12.9. The fourth-order valence-electron chi connectivity index (χ4n) is 5.42. The summed E-state index contributed by atoms with van der Waals surface area (Å²) in [6.07, 6.45) is -6.68. The minimum atomic E-state index is -4.97. The van der Waals surface area contributed by atoms with Gasteiger partial charge in [0.2, 0.25) is 5.91 Å². The molecule has 4 rings (SSSR count). The van der Waals surface area contributed by atoms with Crippen LogP contribution < -0.4 is 0 Å². The number of aryl methyl sites for hydroxylation is 1. The molecule has 0 unspecified atom stereocenters. The maximum atomic E-state index is 13.7. The molecule has 2 aliphatic heterocycles. The van der Waals surface area contributed by atoms with E-state index in [1.165, 1.54) is 0 Å². The first-order valence-electron chi connectivity index (χ1n) is 12.9. The van der Waals surface area contributed by atoms with Gasteiger partial charge in [0.1, 0.15) is 0 Å². The van der Waals surface area contributed by atoms with Crippen LogP contribution in [0, 0.1) is 6.92 Å². The van der Waals surface area contributed by atoms with Crippen LogP contribution in [-0.4, -0.2) is 54.5 Å². The van der Waals surface area contributed by atoms with Crippen LogP contribution in [0.1, 0.15) is 59.4 Å². The zero-order valence-corrected chi connectivity index (χ0v) is 21.2. The van der Waals surface area contributed by atoms with E-state index in [1.807, 2.05) is 31.2 Å². The highest BCUT2D eigenvalue weighted by molar-refractivity contribution is 5.78. The molecule has 38 heavy (non-hydrogen) atoms. The Bertz CT molecular complexity index is 1110. The second kappa shape index (κ2) is 11.7. The summed E-state index contributed by atoms with van der Waals surface area (Å²) in [5.41, 5.74) is -1.10. The average Bonchev–Trinajstić information content (AvgIpc) is 2.87. The SMILES string of the molecule is Cc1ccccc1[C@@H]1CCN(C(=O)CN2CCCCC2)C[C@@H]1OCc1ccc(C(F)(F)F)cc1C(F)(F)F. The van der Waals surface area contributed by atoms with Crippen molar-refractivity contribution in [2.45, 2.75) is 63.6 Å². The normalized spacial score (nSPS) is 21.5. The molecule has 2 saturated heterocycles. The van der Waals surface area contributed by atoms with Crippen LogP contribution in [0.25, 0.3) is 0 Å². The van der Waals surface area contributed by atoms with E-state index in [9.17, 15) is 31.1 Å². The van der Waals surface area contributed by atoms with Crippen molar-refractivity contribution < 1.29 is 35.9 Å². The highest BCUT2D eigenvalue weighted by atomic mass is 19.4. The van der Waals surface area contributed by atoms with Crippen molar-refractivity contribution in [1.82, 2.24) is 9.80 Å². The highest BCUT2D eigenvalue weighted by Crippen LogP contribution is 2.39. The Morgan fingerprint density at radius 2 is 1.66 bits per heavy atom. The highest BCUT2D eigenvalue weighted by Gasteiger charge is 2.39. The molecule has 0 N–H and O–H groups in total. The third-order valence-corrected chi connectivity index (χ3v) is 7.50. The molecule has 0 bridgehead atoms. The van der Waals surface area contributed by atoms with Gasteiger partial charge < -0.3 is 9.64 Å². The molecule has 2 aliphatic rings. The first kappa shape index (κ1) is 28.4. The molecular formula is C28H32F6N2O2. The summed E-state index contributed by atoms with van der Waals surface area (Å²) in [5, 5.41) is 0. The Morgan fingerprint density at radius 3 is 2.32 bits per heavy atom. The number of halogens is 6. The Hall–Kier alpha value is -2.59. The van der Waals surface area contributed by atoms with Gasteiger partial charge in [-0.15, -0.1) is 0 Å². The van der Waals surface area contributed by atoms with Gasteiger partial charge in [0.15, 0.2) is 0 Å². The number of piperidine rings is 2. The van der Waals surface area contributed by atoms with Crippen molar-refractivity contribution in [3.05, 3.63) is 70.3 Å². The number of likely N-dealkylation sites (tertiary alicyclic amines) is 2. The number of nitrogens with zero attached hydrogens (tertiary/aromatic N) is 2. The first-order chi connectivity index (χ1) is 17.9. The maximum Gasteiger partial charge on any atom is 0.416 e. The smallest absolute Gasteiger partial charge is 0.371 e. The molecule has 0 radical (unpaired) electrons. The number of hydrogen-bond donors (Lipinski definition) is 0. The average molecular weight is 543 g/mol. The molecule has 0 aromatic heterocycles. The quantitative estimate of drug-likeness (QED) is 0.395. The predicted octanol–water partition coefficient (Wildman–Crippen LogP) is 6.42. The Kier molecular flexibility index (Phi) is 8.72. The standard InChI is InChI=1S/C28H32F6N2O2/c1-19-7-3-4-8-22(19)23-11-14-36(26(37)17-35-12-5-2-6-13-35)16-25(23)38-18-20-9-10-21(27(29,30)31)15-24(20)28(32,33)34/h3-4,7-10,15,23,25H,2,5-6,11-14,16-18H2,1H3/t23-,25-/m0/s1. The second-order valence-electron chi connectivity index (χ2n) is 10.1. The Labute approximate surface area is 218 Å². The van der Waals surface area contributed by atoms with Crippen molar-refractivity contribution in [3.8, 4) is 0 Å². The summed E-state index contributed by atoms with van der Waals surface area (Å²) >= 11 is 0. The molecule has 1 amide bonds. The zero-order chi connectivity index (χ0) is 27.5. The van der Waals surface area contributed by atoms with E-state index < -0.39 is 36.2 Å². The van der Waals surface area contributed by atoms with Gasteiger partial charge in [0.25, 0.3) is 0 Å². The minimum Gasteiger partial charge on any atom is -0.371 e. The zero-order valence-electron chi connectivity index (χ0n) is 21.2. The number of alkyl halides is 6. The van der Waals surface area contributed by atoms with Crippen LogP contribution >= 0.6 is 0 Å². The maximum absolute atomic E-state index is 13.7. The molecular weight excluding hydrogens is 510 g/mol. The lowest BCUT2D eigenvalue weighted by molar-refractivity contribution is -0.144. The summed E-state index contributed by atoms with van der Waals surface area (Å²) in [6, 6.07) is 9.26. The number of rotatable bonds is 6. The summed E-state index contributed by atoms with van der Waals surface area (Å²) < 4.78 is 86.4. The van der Waals surface area contributed by atoms with Crippen molar-refractivity contribution in [2.24, 2.45) is 0 Å². The predicted molar refractivity (Wildman–Crippen MR) is 130 cm³/mol. The van der Waals surface area contributed by atoms with Gasteiger partial charge >= 0.3 is 12.4 Å². The molecule has 0 aliphatic carbocycles. The molecule has 0 saturated carbocycles. The number of benzene rings is 2.